The van der Waals surface area contributed by atoms with Crippen molar-refractivity contribution in [3.05, 3.63) is 40.1 Å². The molecule has 4 nitrogen and oxygen atoms in total. The van der Waals surface area contributed by atoms with E-state index in [2.05, 4.69) is 9.97 Å². The van der Waals surface area contributed by atoms with Gasteiger partial charge in [0.05, 0.1) is 0 Å². The summed E-state index contributed by atoms with van der Waals surface area (Å²) in [7, 11) is 1.91. The number of pyridine rings is 1. The zero-order chi connectivity index (χ0) is 12.3. The first-order valence-corrected chi connectivity index (χ1v) is 6.11. The average Bonchev–Trinajstić information content (AvgIpc) is 2.72. The summed E-state index contributed by atoms with van der Waals surface area (Å²) in [6, 6.07) is 3.87. The minimum absolute atomic E-state index is 0.265. The van der Waals surface area contributed by atoms with Gasteiger partial charge in [0, 0.05) is 26.0 Å². The van der Waals surface area contributed by atoms with Crippen molar-refractivity contribution in [3.8, 4) is 0 Å². The Bertz CT molecular complexity index is 515. The number of anilines is 1. The van der Waals surface area contributed by atoms with Crippen molar-refractivity contribution in [1.82, 2.24) is 9.97 Å². The van der Waals surface area contributed by atoms with Gasteiger partial charge in [0.15, 0.2) is 16.6 Å². The van der Waals surface area contributed by atoms with E-state index in [0.29, 0.717) is 11.4 Å². The van der Waals surface area contributed by atoms with E-state index in [9.17, 15) is 4.79 Å². The Labute approximate surface area is 108 Å². The summed E-state index contributed by atoms with van der Waals surface area (Å²) < 4.78 is 0. The number of aromatic nitrogens is 2. The van der Waals surface area contributed by atoms with Crippen molar-refractivity contribution < 1.29 is 4.79 Å². The predicted octanol–water partition coefficient (Wildman–Crippen LogP) is 2.64. The molecule has 0 aliphatic rings. The van der Waals surface area contributed by atoms with Crippen molar-refractivity contribution in [2.24, 2.45) is 0 Å². The lowest BCUT2D eigenvalue weighted by Gasteiger charge is -2.15. The number of hydrogen-bond donors (Lipinski definition) is 0. The summed E-state index contributed by atoms with van der Waals surface area (Å²) in [6.07, 6.45) is 4.22. The summed E-state index contributed by atoms with van der Waals surface area (Å²) >= 11 is 7.11. The highest BCUT2D eigenvalue weighted by Gasteiger charge is 2.12. The molecule has 0 saturated carbocycles. The summed E-state index contributed by atoms with van der Waals surface area (Å²) in [4.78, 5) is 21.2. The summed E-state index contributed by atoms with van der Waals surface area (Å²) in [5, 5.41) is 0.996. The molecule has 0 aromatic carbocycles. The van der Waals surface area contributed by atoms with Crippen molar-refractivity contribution in [1.29, 1.82) is 0 Å². The number of carbonyl (C=O) groups is 1. The number of rotatable bonds is 4. The Morgan fingerprint density at radius 1 is 1.47 bits per heavy atom. The van der Waals surface area contributed by atoms with Gasteiger partial charge in [0.2, 0.25) is 0 Å². The lowest BCUT2D eigenvalue weighted by molar-refractivity contribution is 0.112. The van der Waals surface area contributed by atoms with E-state index >= 15 is 0 Å². The quantitative estimate of drug-likeness (QED) is 0.799. The van der Waals surface area contributed by atoms with Gasteiger partial charge in [0.1, 0.15) is 4.88 Å². The molecule has 0 bridgehead atoms. The van der Waals surface area contributed by atoms with Crippen LogP contribution in [-0.4, -0.2) is 23.3 Å². The average molecular weight is 268 g/mol. The van der Waals surface area contributed by atoms with Crippen LogP contribution < -0.4 is 4.90 Å². The van der Waals surface area contributed by atoms with E-state index in [1.54, 1.807) is 12.4 Å². The maximum atomic E-state index is 10.7. The van der Waals surface area contributed by atoms with Crippen molar-refractivity contribution in [3.63, 3.8) is 0 Å². The number of nitrogens with zero attached hydrogens (tertiary/aromatic N) is 3. The Morgan fingerprint density at radius 3 is 2.76 bits per heavy atom. The number of thiazole rings is 1. The predicted molar refractivity (Wildman–Crippen MR) is 68.9 cm³/mol. The molecule has 0 saturated heterocycles. The van der Waals surface area contributed by atoms with E-state index < -0.39 is 0 Å². The highest BCUT2D eigenvalue weighted by molar-refractivity contribution is 7.17. The Kier molecular flexibility index (Phi) is 3.71. The van der Waals surface area contributed by atoms with E-state index in [-0.39, 0.29) is 5.15 Å². The van der Waals surface area contributed by atoms with Crippen LogP contribution in [0.5, 0.6) is 0 Å². The lowest BCUT2D eigenvalue weighted by Crippen LogP contribution is -2.15. The highest BCUT2D eigenvalue weighted by Crippen LogP contribution is 2.28. The fourth-order valence-corrected chi connectivity index (χ4v) is 2.39. The SMILES string of the molecule is CN(Cc1ccncc1)c1nc(Cl)c(C=O)s1. The first kappa shape index (κ1) is 12.0. The van der Waals surface area contributed by atoms with Crippen LogP contribution in [0.3, 0.4) is 0 Å². The summed E-state index contributed by atoms with van der Waals surface area (Å²) in [5.74, 6) is 0. The molecule has 0 aliphatic carbocycles. The molecular formula is C11H10ClN3OS. The lowest BCUT2D eigenvalue weighted by atomic mass is 10.2. The molecule has 2 aromatic rings. The molecule has 0 N–H and O–H groups in total. The van der Waals surface area contributed by atoms with Crippen LogP contribution in [0.1, 0.15) is 15.2 Å². The fraction of sp³-hybridized carbons (Fsp3) is 0.182. The Hall–Kier alpha value is -1.46. The third-order valence-corrected chi connectivity index (χ3v) is 3.70. The van der Waals surface area contributed by atoms with Gasteiger partial charge >= 0.3 is 0 Å². The van der Waals surface area contributed by atoms with Crippen LogP contribution in [0.2, 0.25) is 5.15 Å². The van der Waals surface area contributed by atoms with Crippen molar-refractivity contribution in [2.45, 2.75) is 6.54 Å². The molecule has 2 aromatic heterocycles. The highest BCUT2D eigenvalue weighted by atomic mass is 35.5. The molecule has 0 spiro atoms. The van der Waals surface area contributed by atoms with Crippen LogP contribution in [0.25, 0.3) is 0 Å². The third-order valence-electron chi connectivity index (χ3n) is 2.20. The van der Waals surface area contributed by atoms with Crippen LogP contribution in [-0.2, 0) is 6.54 Å². The van der Waals surface area contributed by atoms with Crippen LogP contribution in [0.4, 0.5) is 5.13 Å². The van der Waals surface area contributed by atoms with Gasteiger partial charge in [-0.05, 0) is 17.7 Å². The minimum Gasteiger partial charge on any atom is -0.347 e. The fourth-order valence-electron chi connectivity index (χ4n) is 1.37. The number of hydrogen-bond acceptors (Lipinski definition) is 5. The number of carbonyl (C=O) groups excluding carboxylic acids is 1. The Balaban J connectivity index is 2.14. The molecule has 17 heavy (non-hydrogen) atoms. The smallest absolute Gasteiger partial charge is 0.187 e. The van der Waals surface area contributed by atoms with E-state index in [1.807, 2.05) is 24.1 Å². The van der Waals surface area contributed by atoms with Gasteiger partial charge in [-0.1, -0.05) is 22.9 Å². The van der Waals surface area contributed by atoms with Crippen LogP contribution in [0.15, 0.2) is 24.5 Å². The zero-order valence-corrected chi connectivity index (χ0v) is 10.7. The molecule has 6 heteroatoms. The first-order valence-electron chi connectivity index (χ1n) is 4.92. The van der Waals surface area contributed by atoms with Crippen LogP contribution in [0, 0.1) is 0 Å². The largest absolute Gasteiger partial charge is 0.347 e. The second-order valence-corrected chi connectivity index (χ2v) is 4.85. The second kappa shape index (κ2) is 5.25. The van der Waals surface area contributed by atoms with Gasteiger partial charge in [-0.15, -0.1) is 0 Å². The molecule has 2 rings (SSSR count). The van der Waals surface area contributed by atoms with Gasteiger partial charge < -0.3 is 4.90 Å². The zero-order valence-electron chi connectivity index (χ0n) is 9.13. The maximum absolute atomic E-state index is 10.7. The summed E-state index contributed by atoms with van der Waals surface area (Å²) in [6.45, 7) is 0.699. The molecule has 2 heterocycles. The van der Waals surface area contributed by atoms with E-state index in [1.165, 1.54) is 11.3 Å². The van der Waals surface area contributed by atoms with Gasteiger partial charge in [-0.25, -0.2) is 4.98 Å². The first-order chi connectivity index (χ1) is 8.20. The molecule has 0 unspecified atom stereocenters. The second-order valence-electron chi connectivity index (χ2n) is 3.48. The van der Waals surface area contributed by atoms with E-state index in [4.69, 9.17) is 11.6 Å². The molecule has 88 valence electrons. The van der Waals surface area contributed by atoms with Crippen molar-refractivity contribution in [2.75, 3.05) is 11.9 Å². The topological polar surface area (TPSA) is 46.1 Å². The Morgan fingerprint density at radius 2 is 2.18 bits per heavy atom. The van der Waals surface area contributed by atoms with Crippen LogP contribution >= 0.6 is 22.9 Å². The van der Waals surface area contributed by atoms with Gasteiger partial charge in [0.25, 0.3) is 0 Å². The monoisotopic (exact) mass is 267 g/mol. The van der Waals surface area contributed by atoms with Gasteiger partial charge in [-0.3, -0.25) is 9.78 Å². The third kappa shape index (κ3) is 2.81. The molecule has 0 amide bonds. The standard InChI is InChI=1S/C11H10ClN3OS/c1-15(6-8-2-4-13-5-3-8)11-14-10(12)9(7-16)17-11/h2-5,7H,6H2,1H3. The molecule has 0 atom stereocenters. The van der Waals surface area contributed by atoms with E-state index in [0.717, 1.165) is 17.0 Å². The van der Waals surface area contributed by atoms with Gasteiger partial charge in [-0.2, -0.15) is 0 Å². The minimum atomic E-state index is 0.265. The molecular weight excluding hydrogens is 258 g/mol. The normalized spacial score (nSPS) is 10.2. The maximum Gasteiger partial charge on any atom is 0.187 e. The number of halogens is 1. The molecule has 0 fully saturated rings. The molecule has 0 radical (unpaired) electrons. The molecule has 0 aliphatic heterocycles. The summed E-state index contributed by atoms with van der Waals surface area (Å²) in [5.41, 5.74) is 1.13. The number of aldehydes is 1. The van der Waals surface area contributed by atoms with Crippen molar-refractivity contribution >= 4 is 34.4 Å².